The van der Waals surface area contributed by atoms with Gasteiger partial charge in [-0.05, 0) is 79.0 Å². The first-order valence-corrected chi connectivity index (χ1v) is 11.1. The van der Waals surface area contributed by atoms with E-state index >= 15 is 0 Å². The molecule has 0 aliphatic heterocycles. The monoisotopic (exact) mass is 432 g/mol. The molecular weight excluding hydrogens is 403 g/mol. The highest BCUT2D eigenvalue weighted by molar-refractivity contribution is 6.07. The number of carbonyl (C=O) groups excluding carboxylic acids is 1. The van der Waals surface area contributed by atoms with E-state index in [1.54, 1.807) is 25.3 Å². The zero-order valence-corrected chi connectivity index (χ0v) is 18.5. The van der Waals surface area contributed by atoms with E-state index in [9.17, 15) is 9.18 Å². The predicted molar refractivity (Wildman–Crippen MR) is 125 cm³/mol. The molecule has 4 atom stereocenters. The molecule has 2 aliphatic rings. The number of carbonyl (C=O) groups is 1. The molecule has 1 heterocycles. The Morgan fingerprint density at radius 2 is 2.16 bits per heavy atom. The van der Waals surface area contributed by atoms with Crippen LogP contribution in [0.1, 0.15) is 51.1 Å². The number of hydrogen-bond acceptors (Lipinski definition) is 4. The van der Waals surface area contributed by atoms with Crippen molar-refractivity contribution >= 4 is 23.5 Å². The van der Waals surface area contributed by atoms with Gasteiger partial charge in [0.05, 0.1) is 11.7 Å². The summed E-state index contributed by atoms with van der Waals surface area (Å²) in [6, 6.07) is 9.97. The van der Waals surface area contributed by atoms with E-state index in [1.807, 2.05) is 18.3 Å². The van der Waals surface area contributed by atoms with E-state index in [-0.39, 0.29) is 29.1 Å². The van der Waals surface area contributed by atoms with Crippen LogP contribution in [-0.4, -0.2) is 22.8 Å². The fourth-order valence-corrected chi connectivity index (χ4v) is 5.27. The molecule has 0 saturated heterocycles. The van der Waals surface area contributed by atoms with Gasteiger partial charge in [-0.3, -0.25) is 14.8 Å². The molecule has 4 rings (SSSR count). The Kier molecular flexibility index (Phi) is 6.31. The number of rotatable bonds is 6. The minimum absolute atomic E-state index is 0.0486. The van der Waals surface area contributed by atoms with Crippen LogP contribution >= 0.6 is 0 Å². The molecule has 1 fully saturated rings. The Bertz CT molecular complexity index is 1050. The van der Waals surface area contributed by atoms with Crippen molar-refractivity contribution in [3.05, 3.63) is 71.8 Å². The topological polar surface area (TPSA) is 78.2 Å². The van der Waals surface area contributed by atoms with Crippen LogP contribution in [0.3, 0.4) is 0 Å². The second kappa shape index (κ2) is 9.15. The molecule has 1 aromatic heterocycles. The van der Waals surface area contributed by atoms with Crippen LogP contribution in [0.4, 0.5) is 10.1 Å². The van der Waals surface area contributed by atoms with Gasteiger partial charge in [-0.15, -0.1) is 0 Å². The van der Waals surface area contributed by atoms with E-state index in [0.717, 1.165) is 37.0 Å². The van der Waals surface area contributed by atoms with Crippen LogP contribution in [0.15, 0.2) is 65.4 Å². The first kappa shape index (κ1) is 22.1. The number of halogens is 1. The van der Waals surface area contributed by atoms with Crippen LogP contribution in [0.25, 0.3) is 0 Å². The van der Waals surface area contributed by atoms with Crippen molar-refractivity contribution < 1.29 is 9.18 Å². The number of nitrogens with zero attached hydrogens (tertiary/aromatic N) is 2. The molecule has 0 spiro atoms. The van der Waals surface area contributed by atoms with Gasteiger partial charge < -0.3 is 10.7 Å². The van der Waals surface area contributed by atoms with Gasteiger partial charge in [0.25, 0.3) is 0 Å². The fourth-order valence-electron chi connectivity index (χ4n) is 5.27. The highest BCUT2D eigenvalue weighted by atomic mass is 19.1. The number of allylic oxidation sites excluding steroid dienone is 2. The van der Waals surface area contributed by atoms with Crippen LogP contribution in [0.2, 0.25) is 0 Å². The average Bonchev–Trinajstić information content (AvgIpc) is 3.09. The first-order valence-electron chi connectivity index (χ1n) is 11.1. The van der Waals surface area contributed by atoms with E-state index in [2.05, 4.69) is 23.3 Å². The Hall–Kier alpha value is -3.15. The van der Waals surface area contributed by atoms with Crippen LogP contribution < -0.4 is 5.32 Å². The SMILES string of the molecule is CC(=O)NC(CC1CCC2=CC(=Nc3ccc(F)cc3)C(C=N)CC21C)c1cccnc1. The number of benzene rings is 1. The summed E-state index contributed by atoms with van der Waals surface area (Å²) in [6.07, 6.45) is 10.8. The van der Waals surface area contributed by atoms with Gasteiger partial charge >= 0.3 is 0 Å². The van der Waals surface area contributed by atoms with Crippen molar-refractivity contribution in [1.29, 1.82) is 5.41 Å². The summed E-state index contributed by atoms with van der Waals surface area (Å²) in [7, 11) is 0. The summed E-state index contributed by atoms with van der Waals surface area (Å²) in [5, 5.41) is 11.1. The van der Waals surface area contributed by atoms with Crippen molar-refractivity contribution in [2.75, 3.05) is 0 Å². The lowest BCUT2D eigenvalue weighted by Crippen LogP contribution is -2.36. The Morgan fingerprint density at radius 1 is 1.38 bits per heavy atom. The maximum Gasteiger partial charge on any atom is 0.217 e. The summed E-state index contributed by atoms with van der Waals surface area (Å²) in [5.41, 5.74) is 3.88. The molecule has 0 bridgehead atoms. The molecule has 6 heteroatoms. The molecule has 5 nitrogen and oxygen atoms in total. The van der Waals surface area contributed by atoms with E-state index < -0.39 is 0 Å². The quantitative estimate of drug-likeness (QED) is 0.585. The number of fused-ring (bicyclic) bond motifs is 1. The lowest BCUT2D eigenvalue weighted by molar-refractivity contribution is -0.119. The number of aromatic nitrogens is 1. The number of aliphatic imine (C=N–C) groups is 1. The zero-order valence-electron chi connectivity index (χ0n) is 18.5. The summed E-state index contributed by atoms with van der Waals surface area (Å²) < 4.78 is 13.3. The lowest BCUT2D eigenvalue weighted by Gasteiger charge is -2.40. The predicted octanol–water partition coefficient (Wildman–Crippen LogP) is 5.57. The number of amides is 1. The fraction of sp³-hybridized carbons (Fsp3) is 0.385. The van der Waals surface area contributed by atoms with Crippen molar-refractivity contribution in [2.24, 2.45) is 22.2 Å². The second-order valence-electron chi connectivity index (χ2n) is 9.09. The maximum absolute atomic E-state index is 13.3. The van der Waals surface area contributed by atoms with Gasteiger partial charge in [-0.1, -0.05) is 18.6 Å². The van der Waals surface area contributed by atoms with Crippen molar-refractivity contribution in [1.82, 2.24) is 10.3 Å². The largest absolute Gasteiger partial charge is 0.349 e. The van der Waals surface area contributed by atoms with Gasteiger partial charge in [-0.2, -0.15) is 0 Å². The Labute approximate surface area is 188 Å². The molecule has 2 N–H and O–H groups in total. The third kappa shape index (κ3) is 4.54. The molecule has 166 valence electrons. The van der Waals surface area contributed by atoms with Gasteiger partial charge in [0, 0.05) is 37.2 Å². The van der Waals surface area contributed by atoms with Crippen LogP contribution in [0.5, 0.6) is 0 Å². The van der Waals surface area contributed by atoms with Crippen molar-refractivity contribution in [3.63, 3.8) is 0 Å². The van der Waals surface area contributed by atoms with Gasteiger partial charge in [-0.25, -0.2) is 4.39 Å². The summed E-state index contributed by atoms with van der Waals surface area (Å²) in [6.45, 7) is 3.84. The van der Waals surface area contributed by atoms with Crippen molar-refractivity contribution in [3.8, 4) is 0 Å². The van der Waals surface area contributed by atoms with Crippen LogP contribution in [0, 0.1) is 28.5 Å². The standard InChI is InChI=1S/C26H29FN4O/c1-17(32)30-24(18-4-3-11-29-16-18)12-20-5-6-21-13-25(19(15-28)14-26(20,21)2)31-23-9-7-22(27)8-10-23/h3-4,7-11,13,15-16,19-20,24,28H,5-6,12,14H2,1-2H3,(H,30,32). The molecule has 2 aliphatic carbocycles. The Morgan fingerprint density at radius 3 is 2.81 bits per heavy atom. The highest BCUT2D eigenvalue weighted by Crippen LogP contribution is 2.56. The van der Waals surface area contributed by atoms with Crippen LogP contribution in [-0.2, 0) is 4.79 Å². The summed E-state index contributed by atoms with van der Waals surface area (Å²) in [5.74, 6) is -0.0479. The molecule has 2 aromatic rings. The smallest absolute Gasteiger partial charge is 0.217 e. The number of hydrogen-bond donors (Lipinski definition) is 2. The first-order chi connectivity index (χ1) is 15.4. The zero-order chi connectivity index (χ0) is 22.7. The molecule has 1 amide bonds. The number of pyridine rings is 1. The van der Waals surface area contributed by atoms with Gasteiger partial charge in [0.15, 0.2) is 0 Å². The second-order valence-corrected chi connectivity index (χ2v) is 9.09. The molecule has 4 unspecified atom stereocenters. The molecular formula is C26H29FN4O. The molecule has 32 heavy (non-hydrogen) atoms. The minimum Gasteiger partial charge on any atom is -0.349 e. The van der Waals surface area contributed by atoms with E-state index in [4.69, 9.17) is 10.4 Å². The molecule has 0 radical (unpaired) electrons. The minimum atomic E-state index is -0.284. The summed E-state index contributed by atoms with van der Waals surface area (Å²) in [4.78, 5) is 20.9. The summed E-state index contributed by atoms with van der Waals surface area (Å²) >= 11 is 0. The van der Waals surface area contributed by atoms with Crippen molar-refractivity contribution in [2.45, 2.75) is 45.6 Å². The third-order valence-electron chi connectivity index (χ3n) is 7.01. The normalized spacial score (nSPS) is 26.8. The van der Waals surface area contributed by atoms with Gasteiger partial charge in [0.1, 0.15) is 5.82 Å². The van der Waals surface area contributed by atoms with E-state index in [0.29, 0.717) is 11.6 Å². The lowest BCUT2D eigenvalue weighted by atomic mass is 9.65. The Balaban J connectivity index is 1.61. The number of nitrogens with one attached hydrogen (secondary N) is 2. The van der Waals surface area contributed by atoms with Gasteiger partial charge in [0.2, 0.25) is 5.91 Å². The maximum atomic E-state index is 13.3. The highest BCUT2D eigenvalue weighted by Gasteiger charge is 2.47. The molecule has 1 aromatic carbocycles. The average molecular weight is 433 g/mol. The third-order valence-corrected chi connectivity index (χ3v) is 7.01. The van der Waals surface area contributed by atoms with E-state index in [1.165, 1.54) is 23.9 Å². The molecule has 1 saturated carbocycles.